The van der Waals surface area contributed by atoms with Crippen LogP contribution in [0.1, 0.15) is 12.8 Å². The largest absolute Gasteiger partial charge is 0.480 e. The lowest BCUT2D eigenvalue weighted by atomic mass is 10.1. The molecule has 3 rings (SSSR count). The Kier molecular flexibility index (Phi) is 6.92. The number of anilines is 1. The van der Waals surface area contributed by atoms with Crippen molar-refractivity contribution in [3.05, 3.63) is 6.33 Å². The van der Waals surface area contributed by atoms with Crippen molar-refractivity contribution < 1.29 is 24.9 Å². The van der Waals surface area contributed by atoms with Gasteiger partial charge in [0.1, 0.15) is 18.5 Å². The normalized spacial score (nSPS) is 28.8. The number of nitrogen functional groups attached to an aromatic ring is 1. The highest BCUT2D eigenvalue weighted by atomic mass is 16.5. The molecule has 1 spiro atoms. The van der Waals surface area contributed by atoms with Gasteiger partial charge in [0, 0.05) is 19.6 Å². The number of hydrogen-bond donors (Lipinski definition) is 6. The molecule has 1 aromatic heterocycles. The molecule has 3 heterocycles. The maximum absolute atomic E-state index is 10.9. The number of aliphatic hydroxyl groups excluding tert-OH is 2. The molecule has 1 unspecified atom stereocenters. The van der Waals surface area contributed by atoms with Crippen molar-refractivity contribution in [3.8, 4) is 0 Å². The summed E-state index contributed by atoms with van der Waals surface area (Å²) in [6, 6.07) is -0.920. The van der Waals surface area contributed by atoms with E-state index in [0.29, 0.717) is 50.5 Å². The van der Waals surface area contributed by atoms with Crippen LogP contribution in [0.4, 0.5) is 17.3 Å². The summed E-state index contributed by atoms with van der Waals surface area (Å²) < 4.78 is 5.62. The van der Waals surface area contributed by atoms with E-state index in [4.69, 9.17) is 27.0 Å². The number of hydrogen-bond acceptors (Lipinski definition) is 11. The van der Waals surface area contributed by atoms with Crippen molar-refractivity contribution in [1.82, 2.24) is 19.4 Å². The second-order valence-electron chi connectivity index (χ2n) is 7.52. The first-order chi connectivity index (χ1) is 14.3. The molecular weight excluding hydrogens is 396 g/mol. The van der Waals surface area contributed by atoms with E-state index in [2.05, 4.69) is 15.0 Å². The number of aliphatic hydroxyl groups is 2. The molecule has 9 N–H and O–H groups in total. The van der Waals surface area contributed by atoms with Gasteiger partial charge in [0.05, 0.1) is 0 Å². The molecule has 2 aliphatic heterocycles. The zero-order valence-corrected chi connectivity index (χ0v) is 16.5. The van der Waals surface area contributed by atoms with E-state index in [1.54, 1.807) is 0 Å². The van der Waals surface area contributed by atoms with Gasteiger partial charge in [-0.2, -0.15) is 14.5 Å². The summed E-state index contributed by atoms with van der Waals surface area (Å²) in [6.45, 7) is 1.77. The lowest BCUT2D eigenvalue weighted by Crippen LogP contribution is -2.69. The van der Waals surface area contributed by atoms with E-state index < -0.39 is 30.4 Å². The fraction of sp³-hybridized carbons (Fsp3) is 0.647. The first-order valence-electron chi connectivity index (χ1n) is 9.72. The Morgan fingerprint density at radius 3 is 2.83 bits per heavy atom. The topological polar surface area (TPSA) is 206 Å². The SMILES string of the molecule is NCCN(CCC[C@H](N)C(=O)O)C[C@H]1OC[N+]2(C=Nc3c(N)ncnc32)[C@H](O)[C@@H]1O. The Morgan fingerprint density at radius 2 is 2.13 bits per heavy atom. The fourth-order valence-corrected chi connectivity index (χ4v) is 3.72. The molecule has 0 aromatic carbocycles. The molecule has 5 atom stereocenters. The Hall–Kier alpha value is -2.26. The third kappa shape index (κ3) is 4.27. The van der Waals surface area contributed by atoms with E-state index >= 15 is 0 Å². The minimum atomic E-state index is -1.26. The average Bonchev–Trinajstić information content (AvgIpc) is 3.09. The number of aliphatic carboxylic acids is 1. The average molecular weight is 425 g/mol. The number of carbonyl (C=O) groups is 1. The van der Waals surface area contributed by atoms with Crippen LogP contribution in [0.25, 0.3) is 0 Å². The monoisotopic (exact) mass is 425 g/mol. The number of carboxylic acid groups (broad SMARTS) is 1. The van der Waals surface area contributed by atoms with Crippen LogP contribution in [0, 0.1) is 0 Å². The van der Waals surface area contributed by atoms with Crippen LogP contribution < -0.4 is 21.7 Å². The van der Waals surface area contributed by atoms with E-state index in [1.165, 1.54) is 12.7 Å². The van der Waals surface area contributed by atoms with Gasteiger partial charge >= 0.3 is 5.97 Å². The van der Waals surface area contributed by atoms with Gasteiger partial charge < -0.3 is 37.3 Å². The molecule has 1 fully saturated rings. The van der Waals surface area contributed by atoms with Crippen LogP contribution >= 0.6 is 0 Å². The molecule has 1 saturated heterocycles. The van der Waals surface area contributed by atoms with Crippen molar-refractivity contribution in [3.63, 3.8) is 0 Å². The smallest absolute Gasteiger partial charge is 0.320 e. The van der Waals surface area contributed by atoms with E-state index in [-0.39, 0.29) is 17.0 Å². The summed E-state index contributed by atoms with van der Waals surface area (Å²) in [5.74, 6) is -0.488. The summed E-state index contributed by atoms with van der Waals surface area (Å²) in [6.07, 6.45) is 0.428. The van der Waals surface area contributed by atoms with Gasteiger partial charge in [0.25, 0.3) is 5.82 Å². The molecule has 13 nitrogen and oxygen atoms in total. The summed E-state index contributed by atoms with van der Waals surface area (Å²) in [5, 5.41) is 30.6. The molecule has 0 bridgehead atoms. The van der Waals surface area contributed by atoms with Gasteiger partial charge in [0.15, 0.2) is 24.3 Å². The molecular formula is C17H29N8O5+. The predicted molar refractivity (Wildman–Crippen MR) is 108 cm³/mol. The third-order valence-electron chi connectivity index (χ3n) is 5.47. The lowest BCUT2D eigenvalue weighted by Gasteiger charge is -2.44. The molecule has 30 heavy (non-hydrogen) atoms. The van der Waals surface area contributed by atoms with Gasteiger partial charge in [0.2, 0.25) is 12.6 Å². The number of aliphatic imine (C=N–C) groups is 1. The molecule has 13 heteroatoms. The zero-order valence-electron chi connectivity index (χ0n) is 16.5. The minimum absolute atomic E-state index is 0.0101. The molecule has 1 aromatic rings. The van der Waals surface area contributed by atoms with Crippen molar-refractivity contribution in [2.75, 3.05) is 38.6 Å². The maximum atomic E-state index is 10.9. The third-order valence-corrected chi connectivity index (χ3v) is 5.47. The Morgan fingerprint density at radius 1 is 1.37 bits per heavy atom. The first-order valence-corrected chi connectivity index (χ1v) is 9.72. The predicted octanol–water partition coefficient (Wildman–Crippen LogP) is -2.47. The number of rotatable bonds is 9. The number of ether oxygens (including phenoxy) is 1. The Labute approximate surface area is 173 Å². The zero-order chi connectivity index (χ0) is 21.9. The fourth-order valence-electron chi connectivity index (χ4n) is 3.72. The molecule has 0 aliphatic carbocycles. The highest BCUT2D eigenvalue weighted by Crippen LogP contribution is 2.42. The Balaban J connectivity index is 1.65. The first kappa shape index (κ1) is 22.4. The molecule has 0 amide bonds. The van der Waals surface area contributed by atoms with E-state index in [1.807, 2.05) is 4.90 Å². The number of aromatic nitrogens is 2. The number of nitrogens with two attached hydrogens (primary N) is 3. The summed E-state index contributed by atoms with van der Waals surface area (Å²) in [4.78, 5) is 25.1. The molecule has 166 valence electrons. The van der Waals surface area contributed by atoms with Crippen LogP contribution in [-0.4, -0.2) is 99.9 Å². The summed E-state index contributed by atoms with van der Waals surface area (Å²) in [5.41, 5.74) is 17.4. The van der Waals surface area contributed by atoms with Crippen LogP contribution in [0.3, 0.4) is 0 Å². The Bertz CT molecular complexity index is 795. The minimum Gasteiger partial charge on any atom is -0.480 e. The van der Waals surface area contributed by atoms with Crippen molar-refractivity contribution >= 4 is 29.6 Å². The maximum Gasteiger partial charge on any atom is 0.320 e. The second-order valence-corrected chi connectivity index (χ2v) is 7.52. The van der Waals surface area contributed by atoms with Crippen LogP contribution in [0.5, 0.6) is 0 Å². The summed E-state index contributed by atoms with van der Waals surface area (Å²) >= 11 is 0. The molecule has 0 radical (unpaired) electrons. The molecule has 2 aliphatic rings. The number of carboxylic acids is 1. The van der Waals surface area contributed by atoms with Crippen LogP contribution in [-0.2, 0) is 9.53 Å². The van der Waals surface area contributed by atoms with Crippen molar-refractivity contribution in [2.24, 2.45) is 16.5 Å². The quantitative estimate of drug-likeness (QED) is 0.228. The van der Waals surface area contributed by atoms with Crippen molar-refractivity contribution in [1.29, 1.82) is 0 Å². The van der Waals surface area contributed by atoms with Gasteiger partial charge in [-0.1, -0.05) is 0 Å². The standard InChI is InChI=1S/C17H28N8O5/c18-3-5-24(4-1-2-10(19)17(28)29)6-11-13(26)16(27)25(9-30-11)8-23-12-14(20)21-7-22-15(12)25/h7-8,10-11,13,16,26-27H,1-6,9,18-19H2,(H2-,20,21,22,28,29)/p+1/t10-,11+,13+,16+,25?/m0/s1. The second kappa shape index (κ2) is 9.26. The lowest BCUT2D eigenvalue weighted by molar-refractivity contribution is -0.197. The number of fused-ring (bicyclic) bond motifs is 2. The van der Waals surface area contributed by atoms with Gasteiger partial charge in [-0.3, -0.25) is 9.69 Å². The van der Waals surface area contributed by atoms with Gasteiger partial charge in [-0.05, 0) is 19.4 Å². The summed E-state index contributed by atoms with van der Waals surface area (Å²) in [7, 11) is 0. The van der Waals surface area contributed by atoms with Gasteiger partial charge in [-0.25, -0.2) is 4.98 Å². The van der Waals surface area contributed by atoms with Crippen LogP contribution in [0.2, 0.25) is 0 Å². The highest BCUT2D eigenvalue weighted by molar-refractivity contribution is 5.90. The highest BCUT2D eigenvalue weighted by Gasteiger charge is 2.54. The van der Waals surface area contributed by atoms with Crippen molar-refractivity contribution in [2.45, 2.75) is 37.3 Å². The van der Waals surface area contributed by atoms with E-state index in [0.717, 1.165) is 0 Å². The molecule has 0 saturated carbocycles. The van der Waals surface area contributed by atoms with Gasteiger partial charge in [-0.15, -0.1) is 0 Å². The van der Waals surface area contributed by atoms with Crippen LogP contribution in [0.15, 0.2) is 11.3 Å². The van der Waals surface area contributed by atoms with E-state index in [9.17, 15) is 15.0 Å². The number of nitrogens with zero attached hydrogens (tertiary/aromatic N) is 5. The number of quaternary nitrogens is 1.